The van der Waals surface area contributed by atoms with Gasteiger partial charge in [-0.3, -0.25) is 0 Å². The molecule has 0 N–H and O–H groups in total. The van der Waals surface area contributed by atoms with Gasteiger partial charge in [0.15, 0.2) is 34.9 Å². The Morgan fingerprint density at radius 3 is 1.10 bits per heavy atom. The molecule has 10 aromatic rings. The molecule has 0 aliphatic carbocycles. The Morgan fingerprint density at radius 1 is 0.242 bits per heavy atom. The average Bonchev–Trinajstić information content (AvgIpc) is 3.37. The summed E-state index contributed by atoms with van der Waals surface area (Å²) in [4.78, 5) is 30.2. The summed E-state index contributed by atoms with van der Waals surface area (Å²) < 4.78 is 0. The third kappa shape index (κ3) is 7.75. The molecule has 290 valence electrons. The molecule has 7 nitrogen and oxygen atoms in total. The number of nitriles is 1. The highest BCUT2D eigenvalue weighted by Crippen LogP contribution is 2.41. The van der Waals surface area contributed by atoms with Gasteiger partial charge in [0.25, 0.3) is 0 Å². The predicted octanol–water partition coefficient (Wildman–Crippen LogP) is 12.9. The highest BCUT2D eigenvalue weighted by molar-refractivity contribution is 5.93. The average molecular weight is 794 g/mol. The molecular weight excluding hydrogens is 759 g/mol. The molecule has 10 rings (SSSR count). The number of nitrogens with zero attached hydrogens (tertiary/aromatic N) is 7. The minimum atomic E-state index is 0.566. The van der Waals surface area contributed by atoms with E-state index in [0.29, 0.717) is 40.5 Å². The van der Waals surface area contributed by atoms with Crippen LogP contribution in [0.3, 0.4) is 0 Å². The molecule has 0 radical (unpaired) electrons. The van der Waals surface area contributed by atoms with Crippen LogP contribution in [-0.4, -0.2) is 29.9 Å². The molecule has 0 aliphatic rings. The normalized spacial score (nSPS) is 10.9. The topological polar surface area (TPSA) is 101 Å². The Bertz CT molecular complexity index is 3110. The van der Waals surface area contributed by atoms with Crippen molar-refractivity contribution in [2.24, 2.45) is 0 Å². The lowest BCUT2D eigenvalue weighted by Crippen LogP contribution is -2.01. The van der Waals surface area contributed by atoms with Gasteiger partial charge in [0, 0.05) is 33.4 Å². The molecule has 8 aromatic carbocycles. The highest BCUT2D eigenvalue weighted by Gasteiger charge is 2.20. The van der Waals surface area contributed by atoms with Crippen LogP contribution in [0.25, 0.3) is 102 Å². The zero-order valence-electron chi connectivity index (χ0n) is 33.3. The van der Waals surface area contributed by atoms with E-state index in [1.165, 1.54) is 0 Å². The molecule has 0 bridgehead atoms. The standard InChI is InChI=1S/C55H35N7/c56-36-37-28-30-38(31-29-37)43-32-33-47(46-26-13-14-27-48(46)55-61-52(41-20-9-3-10-21-41)58-53(62-55)42-22-11-4-12-23-42)49(35-43)44-24-15-25-45(34-44)54-59-50(39-16-5-1-6-17-39)57-51(60-54)40-18-7-2-8-19-40/h1-35H. The first-order valence-corrected chi connectivity index (χ1v) is 20.3. The van der Waals surface area contributed by atoms with Gasteiger partial charge < -0.3 is 0 Å². The van der Waals surface area contributed by atoms with Crippen molar-refractivity contribution in [1.29, 1.82) is 5.26 Å². The van der Waals surface area contributed by atoms with Crippen molar-refractivity contribution in [2.75, 3.05) is 0 Å². The molecule has 0 spiro atoms. The van der Waals surface area contributed by atoms with Crippen LogP contribution < -0.4 is 0 Å². The van der Waals surface area contributed by atoms with Gasteiger partial charge in [-0.25, -0.2) is 29.9 Å². The molecule has 0 fully saturated rings. The third-order valence-electron chi connectivity index (χ3n) is 10.7. The quantitative estimate of drug-likeness (QED) is 0.143. The van der Waals surface area contributed by atoms with Crippen LogP contribution in [0.1, 0.15) is 5.56 Å². The van der Waals surface area contributed by atoms with Crippen molar-refractivity contribution in [3.8, 4) is 108 Å². The second kappa shape index (κ2) is 16.9. The molecular formula is C55H35N7. The first kappa shape index (κ1) is 37.5. The zero-order chi connectivity index (χ0) is 41.7. The SMILES string of the molecule is N#Cc1ccc(-c2ccc(-c3ccccc3-c3nc(-c4ccccc4)nc(-c4ccccc4)n3)c(-c3cccc(-c4nc(-c5ccccc5)nc(-c5ccccc5)n4)c3)c2)cc1. The molecule has 0 atom stereocenters. The summed E-state index contributed by atoms with van der Waals surface area (Å²) in [5.74, 6) is 3.51. The van der Waals surface area contributed by atoms with E-state index in [-0.39, 0.29) is 0 Å². The Balaban J connectivity index is 1.16. The fourth-order valence-corrected chi connectivity index (χ4v) is 7.54. The number of aromatic nitrogens is 6. The molecule has 2 aromatic heterocycles. The van der Waals surface area contributed by atoms with Gasteiger partial charge in [0.2, 0.25) is 0 Å². The van der Waals surface area contributed by atoms with Crippen LogP contribution >= 0.6 is 0 Å². The molecule has 62 heavy (non-hydrogen) atoms. The lowest BCUT2D eigenvalue weighted by Gasteiger charge is -2.17. The second-order valence-corrected chi connectivity index (χ2v) is 14.7. The molecule has 0 saturated carbocycles. The maximum absolute atomic E-state index is 9.54. The van der Waals surface area contributed by atoms with Crippen LogP contribution in [0.15, 0.2) is 212 Å². The van der Waals surface area contributed by atoms with Crippen LogP contribution in [0, 0.1) is 11.3 Å². The van der Waals surface area contributed by atoms with Crippen molar-refractivity contribution in [1.82, 2.24) is 29.9 Å². The van der Waals surface area contributed by atoms with Crippen LogP contribution in [-0.2, 0) is 0 Å². The fraction of sp³-hybridized carbons (Fsp3) is 0. The Morgan fingerprint density at radius 2 is 0.613 bits per heavy atom. The lowest BCUT2D eigenvalue weighted by molar-refractivity contribution is 1.07. The van der Waals surface area contributed by atoms with E-state index in [1.54, 1.807) is 0 Å². The summed E-state index contributed by atoms with van der Waals surface area (Å²) >= 11 is 0. The van der Waals surface area contributed by atoms with Gasteiger partial charge in [-0.15, -0.1) is 0 Å². The summed E-state index contributed by atoms with van der Waals surface area (Å²) in [7, 11) is 0. The maximum atomic E-state index is 9.54. The summed E-state index contributed by atoms with van der Waals surface area (Å²) in [5, 5.41) is 9.54. The Labute approximate surface area is 359 Å². The van der Waals surface area contributed by atoms with Gasteiger partial charge in [-0.2, -0.15) is 5.26 Å². The Hall–Kier alpha value is -8.73. The van der Waals surface area contributed by atoms with Crippen LogP contribution in [0.5, 0.6) is 0 Å². The molecule has 7 heteroatoms. The molecule has 0 unspecified atom stereocenters. The lowest BCUT2D eigenvalue weighted by atomic mass is 9.88. The predicted molar refractivity (Wildman–Crippen MR) is 247 cm³/mol. The monoisotopic (exact) mass is 793 g/mol. The number of hydrogen-bond donors (Lipinski definition) is 0. The first-order chi connectivity index (χ1) is 30.7. The van der Waals surface area contributed by atoms with Gasteiger partial charge in [-0.1, -0.05) is 188 Å². The van der Waals surface area contributed by atoms with E-state index in [4.69, 9.17) is 29.9 Å². The van der Waals surface area contributed by atoms with Gasteiger partial charge >= 0.3 is 0 Å². The zero-order valence-corrected chi connectivity index (χ0v) is 33.3. The molecule has 2 heterocycles. The molecule has 0 saturated heterocycles. The smallest absolute Gasteiger partial charge is 0.164 e. The van der Waals surface area contributed by atoms with Crippen LogP contribution in [0.4, 0.5) is 0 Å². The van der Waals surface area contributed by atoms with Crippen molar-refractivity contribution in [2.45, 2.75) is 0 Å². The van der Waals surface area contributed by atoms with E-state index < -0.39 is 0 Å². The van der Waals surface area contributed by atoms with E-state index in [0.717, 1.165) is 66.8 Å². The van der Waals surface area contributed by atoms with Gasteiger partial charge in [-0.05, 0) is 57.6 Å². The van der Waals surface area contributed by atoms with Crippen LogP contribution in [0.2, 0.25) is 0 Å². The number of benzene rings is 8. The van der Waals surface area contributed by atoms with E-state index in [1.807, 2.05) is 170 Å². The molecule has 0 amide bonds. The van der Waals surface area contributed by atoms with E-state index in [9.17, 15) is 5.26 Å². The molecule has 0 aliphatic heterocycles. The Kier molecular flexibility index (Phi) is 10.2. The second-order valence-electron chi connectivity index (χ2n) is 14.7. The number of rotatable bonds is 9. The van der Waals surface area contributed by atoms with Crippen molar-refractivity contribution >= 4 is 0 Å². The highest BCUT2D eigenvalue weighted by atomic mass is 15.0. The minimum Gasteiger partial charge on any atom is -0.208 e. The fourth-order valence-electron chi connectivity index (χ4n) is 7.54. The minimum absolute atomic E-state index is 0.566. The van der Waals surface area contributed by atoms with E-state index >= 15 is 0 Å². The summed E-state index contributed by atoms with van der Waals surface area (Å²) in [6, 6.07) is 73.1. The largest absolute Gasteiger partial charge is 0.208 e. The third-order valence-corrected chi connectivity index (χ3v) is 10.7. The van der Waals surface area contributed by atoms with Crippen molar-refractivity contribution in [3.05, 3.63) is 218 Å². The van der Waals surface area contributed by atoms with Gasteiger partial charge in [0.05, 0.1) is 11.6 Å². The summed E-state index contributed by atoms with van der Waals surface area (Å²) in [5.41, 5.74) is 11.8. The first-order valence-electron chi connectivity index (χ1n) is 20.3. The van der Waals surface area contributed by atoms with Crippen molar-refractivity contribution < 1.29 is 0 Å². The maximum Gasteiger partial charge on any atom is 0.164 e. The van der Waals surface area contributed by atoms with Crippen molar-refractivity contribution in [3.63, 3.8) is 0 Å². The van der Waals surface area contributed by atoms with Gasteiger partial charge in [0.1, 0.15) is 0 Å². The van der Waals surface area contributed by atoms with E-state index in [2.05, 4.69) is 48.5 Å². The number of hydrogen-bond acceptors (Lipinski definition) is 7. The summed E-state index contributed by atoms with van der Waals surface area (Å²) in [6.07, 6.45) is 0. The summed E-state index contributed by atoms with van der Waals surface area (Å²) in [6.45, 7) is 0.